The Balaban J connectivity index is 1.37. The normalized spacial score (nSPS) is 11.0. The lowest BCUT2D eigenvalue weighted by atomic mass is 10.1. The monoisotopic (exact) mass is 549 g/mol. The molecule has 1 amide bonds. The minimum absolute atomic E-state index is 0.103. The standard InChI is InChI=1S/C27H27N5O6S/c28-13-14-29-25-12-11-23(17-30-25)22-9-4-8-21(16-22)19-37-26(33)24-10-5-15-32(24)39(35,36)31-27(34)38-18-20-6-2-1-3-7-20/h1-12,15-17H,13-14,18-19,28H2,(H,29,30)(H,31,34). The Hall–Kier alpha value is -4.68. The van der Waals surface area contributed by atoms with Gasteiger partial charge in [-0.3, -0.25) is 0 Å². The Morgan fingerprint density at radius 1 is 0.872 bits per heavy atom. The minimum atomic E-state index is -4.46. The first-order valence-corrected chi connectivity index (χ1v) is 13.4. The van der Waals surface area contributed by atoms with Crippen LogP contribution >= 0.6 is 0 Å². The largest absolute Gasteiger partial charge is 0.456 e. The molecule has 12 heteroatoms. The third kappa shape index (κ3) is 7.43. The Morgan fingerprint density at radius 3 is 2.38 bits per heavy atom. The van der Waals surface area contributed by atoms with Gasteiger partial charge in [0.1, 0.15) is 24.7 Å². The number of benzene rings is 2. The van der Waals surface area contributed by atoms with Crippen LogP contribution in [-0.4, -0.2) is 42.5 Å². The molecule has 0 bridgehead atoms. The fourth-order valence-corrected chi connectivity index (χ4v) is 4.57. The molecule has 2 heterocycles. The van der Waals surface area contributed by atoms with Crippen molar-refractivity contribution < 1.29 is 27.5 Å². The zero-order valence-corrected chi connectivity index (χ0v) is 21.6. The van der Waals surface area contributed by atoms with Gasteiger partial charge >= 0.3 is 22.3 Å². The molecular formula is C27H27N5O6S. The topological polar surface area (TPSA) is 155 Å². The first kappa shape index (κ1) is 27.4. The number of hydrogen-bond donors (Lipinski definition) is 3. The lowest BCUT2D eigenvalue weighted by Crippen LogP contribution is -2.36. The van der Waals surface area contributed by atoms with Crippen LogP contribution in [0.5, 0.6) is 0 Å². The van der Waals surface area contributed by atoms with Gasteiger partial charge in [-0.2, -0.15) is 8.42 Å². The number of nitrogens with one attached hydrogen (secondary N) is 2. The second-order valence-electron chi connectivity index (χ2n) is 8.28. The molecule has 4 N–H and O–H groups in total. The van der Waals surface area contributed by atoms with Gasteiger partial charge in [0, 0.05) is 31.0 Å². The summed E-state index contributed by atoms with van der Waals surface area (Å²) in [6.45, 7) is 0.895. The zero-order valence-electron chi connectivity index (χ0n) is 20.8. The second kappa shape index (κ2) is 12.7. The summed E-state index contributed by atoms with van der Waals surface area (Å²) in [6, 6.07) is 22.5. The van der Waals surface area contributed by atoms with Crippen LogP contribution in [0, 0.1) is 0 Å². The second-order valence-corrected chi connectivity index (χ2v) is 9.83. The molecule has 0 atom stereocenters. The van der Waals surface area contributed by atoms with Crippen molar-refractivity contribution in [2.45, 2.75) is 13.2 Å². The molecule has 39 heavy (non-hydrogen) atoms. The highest BCUT2D eigenvalue weighted by Crippen LogP contribution is 2.21. The molecular weight excluding hydrogens is 522 g/mol. The van der Waals surface area contributed by atoms with Gasteiger partial charge in [-0.05, 0) is 47.0 Å². The summed E-state index contributed by atoms with van der Waals surface area (Å²) in [4.78, 5) is 29.2. The molecule has 0 unspecified atom stereocenters. The summed E-state index contributed by atoms with van der Waals surface area (Å²) < 4.78 is 38.2. The lowest BCUT2D eigenvalue weighted by molar-refractivity contribution is 0.0464. The summed E-state index contributed by atoms with van der Waals surface area (Å²) in [7, 11) is -4.46. The summed E-state index contributed by atoms with van der Waals surface area (Å²) in [6.07, 6.45) is 1.67. The van der Waals surface area contributed by atoms with Gasteiger partial charge in [0.25, 0.3) is 0 Å². The van der Waals surface area contributed by atoms with Gasteiger partial charge in [0.15, 0.2) is 0 Å². The number of amides is 1. The summed E-state index contributed by atoms with van der Waals surface area (Å²) in [5.41, 5.74) is 8.33. The maximum atomic E-state index is 12.7. The molecule has 0 aliphatic rings. The van der Waals surface area contributed by atoms with E-state index in [1.807, 2.05) is 30.3 Å². The van der Waals surface area contributed by atoms with Gasteiger partial charge in [-0.15, -0.1) is 0 Å². The molecule has 4 rings (SSSR count). The predicted octanol–water partition coefficient (Wildman–Crippen LogP) is 3.30. The number of aromatic nitrogens is 2. The minimum Gasteiger partial charge on any atom is -0.456 e. The molecule has 202 valence electrons. The number of anilines is 1. The van der Waals surface area contributed by atoms with Crippen LogP contribution in [0.1, 0.15) is 21.6 Å². The van der Waals surface area contributed by atoms with Crippen molar-refractivity contribution in [3.8, 4) is 11.1 Å². The molecule has 0 radical (unpaired) electrons. The van der Waals surface area contributed by atoms with Crippen LogP contribution in [0.15, 0.2) is 91.3 Å². The van der Waals surface area contributed by atoms with Crippen molar-refractivity contribution in [1.29, 1.82) is 0 Å². The van der Waals surface area contributed by atoms with E-state index in [0.717, 1.165) is 17.3 Å². The zero-order chi connectivity index (χ0) is 27.7. The molecule has 11 nitrogen and oxygen atoms in total. The first-order chi connectivity index (χ1) is 18.9. The summed E-state index contributed by atoms with van der Waals surface area (Å²) in [5, 5.41) is 3.10. The van der Waals surface area contributed by atoms with Gasteiger partial charge < -0.3 is 20.5 Å². The van der Waals surface area contributed by atoms with E-state index in [4.69, 9.17) is 15.2 Å². The third-order valence-electron chi connectivity index (χ3n) is 5.45. The summed E-state index contributed by atoms with van der Waals surface area (Å²) >= 11 is 0. The van der Waals surface area contributed by atoms with Gasteiger partial charge in [0.05, 0.1) is 0 Å². The number of ether oxygens (including phenoxy) is 2. The van der Waals surface area contributed by atoms with Crippen LogP contribution in [0.25, 0.3) is 11.1 Å². The molecule has 0 spiro atoms. The van der Waals surface area contributed by atoms with Crippen LogP contribution in [0.4, 0.5) is 10.6 Å². The molecule has 0 fully saturated rings. The number of nitrogens with zero attached hydrogens (tertiary/aromatic N) is 2. The maximum absolute atomic E-state index is 12.7. The number of rotatable bonds is 11. The number of nitrogens with two attached hydrogens (primary N) is 1. The molecule has 0 saturated carbocycles. The van der Waals surface area contributed by atoms with Gasteiger partial charge in [0.2, 0.25) is 0 Å². The smallest absolute Gasteiger partial charge is 0.422 e. The van der Waals surface area contributed by atoms with Crippen molar-refractivity contribution in [2.24, 2.45) is 5.73 Å². The molecule has 2 aromatic carbocycles. The first-order valence-electron chi connectivity index (χ1n) is 11.9. The SMILES string of the molecule is NCCNc1ccc(-c2cccc(COC(=O)c3cccn3S(=O)(=O)NC(=O)OCc3ccccc3)c2)cn1. The Morgan fingerprint density at radius 2 is 1.64 bits per heavy atom. The van der Waals surface area contributed by atoms with E-state index in [1.165, 1.54) is 12.1 Å². The third-order valence-corrected chi connectivity index (χ3v) is 6.71. The lowest BCUT2D eigenvalue weighted by Gasteiger charge is -2.12. The van der Waals surface area contributed by atoms with Crippen molar-refractivity contribution in [3.05, 3.63) is 108 Å². The number of esters is 1. The maximum Gasteiger partial charge on any atom is 0.422 e. The quantitative estimate of drug-likeness (QED) is 0.239. The number of carbonyl (C=O) groups excluding carboxylic acids is 2. The predicted molar refractivity (Wildman–Crippen MR) is 145 cm³/mol. The molecule has 2 aromatic heterocycles. The van der Waals surface area contributed by atoms with Crippen LogP contribution in [0.2, 0.25) is 0 Å². The van der Waals surface area contributed by atoms with E-state index in [1.54, 1.807) is 47.3 Å². The van der Waals surface area contributed by atoms with E-state index in [2.05, 4.69) is 10.3 Å². The fraction of sp³-hybridized carbons (Fsp3) is 0.148. The van der Waals surface area contributed by atoms with Crippen molar-refractivity contribution in [3.63, 3.8) is 0 Å². The van der Waals surface area contributed by atoms with Crippen LogP contribution in [-0.2, 0) is 32.9 Å². The van der Waals surface area contributed by atoms with E-state index in [-0.39, 0.29) is 18.9 Å². The van der Waals surface area contributed by atoms with Crippen molar-refractivity contribution in [2.75, 3.05) is 18.4 Å². The van der Waals surface area contributed by atoms with E-state index >= 15 is 0 Å². The summed E-state index contributed by atoms with van der Waals surface area (Å²) in [5.74, 6) is -0.170. The molecule has 0 aliphatic heterocycles. The molecule has 0 aliphatic carbocycles. The molecule has 4 aromatic rings. The van der Waals surface area contributed by atoms with Crippen molar-refractivity contribution in [1.82, 2.24) is 13.7 Å². The Bertz CT molecular complexity index is 1520. The van der Waals surface area contributed by atoms with Crippen molar-refractivity contribution >= 4 is 28.1 Å². The highest BCUT2D eigenvalue weighted by Gasteiger charge is 2.24. The average Bonchev–Trinajstić information content (AvgIpc) is 3.46. The number of pyridine rings is 1. The van der Waals surface area contributed by atoms with Crippen LogP contribution < -0.4 is 15.8 Å². The Kier molecular flexibility index (Phi) is 8.92. The Labute approximate surface area is 225 Å². The highest BCUT2D eigenvalue weighted by molar-refractivity contribution is 7.88. The van der Waals surface area contributed by atoms with E-state index in [0.29, 0.717) is 34.0 Å². The number of carbonyl (C=O) groups is 2. The van der Waals surface area contributed by atoms with E-state index in [9.17, 15) is 18.0 Å². The number of hydrogen-bond acceptors (Lipinski definition) is 9. The van der Waals surface area contributed by atoms with Gasteiger partial charge in [-0.1, -0.05) is 48.5 Å². The highest BCUT2D eigenvalue weighted by atomic mass is 32.2. The average molecular weight is 550 g/mol. The molecule has 0 saturated heterocycles. The fourth-order valence-electron chi connectivity index (χ4n) is 3.57. The van der Waals surface area contributed by atoms with E-state index < -0.39 is 22.3 Å². The van der Waals surface area contributed by atoms with Crippen LogP contribution in [0.3, 0.4) is 0 Å². The van der Waals surface area contributed by atoms with Gasteiger partial charge in [-0.25, -0.2) is 23.3 Å².